The summed E-state index contributed by atoms with van der Waals surface area (Å²) in [5.41, 5.74) is 0. The van der Waals surface area contributed by atoms with E-state index < -0.39 is 0 Å². The van der Waals surface area contributed by atoms with Crippen LogP contribution in [0.25, 0.3) is 0 Å². The van der Waals surface area contributed by atoms with Crippen molar-refractivity contribution < 1.29 is 0 Å². The van der Waals surface area contributed by atoms with Gasteiger partial charge >= 0.3 is 29.6 Å². The Balaban J connectivity index is -0.0000000233. The predicted octanol–water partition coefficient (Wildman–Crippen LogP) is -0.936. The third-order valence-electron chi connectivity index (χ3n) is 0.0500. The fourth-order valence-electron chi connectivity index (χ4n) is 0. The second-order valence-electron chi connectivity index (χ2n) is 0.447. The molecule has 0 rings (SSSR count). The second-order valence-corrected chi connectivity index (χ2v) is 0.447. The SMILES string of the molecule is BC#N.Br.N#CC#N.[NaH]. The Morgan fingerprint density at radius 1 is 1.00 bits per heavy atom. The van der Waals surface area contributed by atoms with Crippen LogP contribution in [0.3, 0.4) is 0 Å². The molecule has 0 amide bonds. The van der Waals surface area contributed by atoms with E-state index in [1.165, 1.54) is 20.0 Å². The summed E-state index contributed by atoms with van der Waals surface area (Å²) >= 11 is 0. The van der Waals surface area contributed by atoms with E-state index in [1.807, 2.05) is 0 Å². The van der Waals surface area contributed by atoms with Crippen LogP contribution in [0.15, 0.2) is 0 Å². The van der Waals surface area contributed by atoms with Crippen LogP contribution in [0.2, 0.25) is 0 Å². The molecule has 0 saturated carbocycles. The number of hydrogen-bond donors (Lipinski definition) is 0. The second kappa shape index (κ2) is 43.4. The van der Waals surface area contributed by atoms with Crippen molar-refractivity contribution >= 4 is 54.4 Å². The van der Waals surface area contributed by atoms with Crippen LogP contribution in [-0.2, 0) is 0 Å². The Kier molecular flexibility index (Phi) is 111. The summed E-state index contributed by atoms with van der Waals surface area (Å²) in [6.45, 7) is 0. The van der Waals surface area contributed by atoms with Gasteiger partial charge in [0.2, 0.25) is 7.85 Å². The number of hydrogen-bond acceptors (Lipinski definition) is 3. The van der Waals surface area contributed by atoms with Gasteiger partial charge in [-0.2, -0.15) is 10.5 Å². The molecule has 6 heteroatoms. The van der Waals surface area contributed by atoms with Gasteiger partial charge in [-0.05, 0) is 5.97 Å². The summed E-state index contributed by atoms with van der Waals surface area (Å²) in [7, 11) is 1.43. The van der Waals surface area contributed by atoms with Crippen molar-refractivity contribution in [2.75, 3.05) is 0 Å². The van der Waals surface area contributed by atoms with Gasteiger partial charge in [-0.3, -0.25) is 0 Å². The van der Waals surface area contributed by atoms with Gasteiger partial charge in [0.15, 0.2) is 12.1 Å². The van der Waals surface area contributed by atoms with E-state index in [4.69, 9.17) is 15.8 Å². The summed E-state index contributed by atoms with van der Waals surface area (Å²) in [5.74, 6) is 1.75. The van der Waals surface area contributed by atoms with Gasteiger partial charge < -0.3 is 0 Å². The van der Waals surface area contributed by atoms with E-state index in [9.17, 15) is 0 Å². The van der Waals surface area contributed by atoms with Gasteiger partial charge in [-0.15, -0.1) is 17.0 Å². The van der Waals surface area contributed by atoms with E-state index in [-0.39, 0.29) is 46.5 Å². The van der Waals surface area contributed by atoms with Gasteiger partial charge in [0, 0.05) is 0 Å². The molecule has 9 heavy (non-hydrogen) atoms. The normalized spacial score (nSPS) is 1.89. The van der Waals surface area contributed by atoms with Crippen LogP contribution in [0, 0.1) is 33.9 Å². The third kappa shape index (κ3) is 282. The molecule has 0 heterocycles. The average molecular weight is 196 g/mol. The standard InChI is InChI=1S/C2N2.CH2BN.BrH.Na.H/c3-1-2-4;2-1-3;;;/h;2H2;1H;;. The van der Waals surface area contributed by atoms with Crippen molar-refractivity contribution in [3.8, 4) is 18.1 Å². The van der Waals surface area contributed by atoms with Crippen molar-refractivity contribution in [3.63, 3.8) is 0 Å². The summed E-state index contributed by atoms with van der Waals surface area (Å²) < 4.78 is 0. The summed E-state index contributed by atoms with van der Waals surface area (Å²) in [5, 5.41) is 21.8. The third-order valence-corrected chi connectivity index (χ3v) is 0.0500. The summed E-state index contributed by atoms with van der Waals surface area (Å²) in [4.78, 5) is 0. The first-order chi connectivity index (χ1) is 3.33. The zero-order valence-corrected chi connectivity index (χ0v) is 5.96. The quantitative estimate of drug-likeness (QED) is 0.469. The number of nitriles is 3. The van der Waals surface area contributed by atoms with Gasteiger partial charge in [0.25, 0.3) is 0 Å². The van der Waals surface area contributed by atoms with Crippen molar-refractivity contribution in [3.05, 3.63) is 0 Å². The Hall–Kier alpha value is 0.0149. The maximum absolute atomic E-state index is 7.32. The van der Waals surface area contributed by atoms with Crippen LogP contribution in [0.5, 0.6) is 0 Å². The summed E-state index contributed by atoms with van der Waals surface area (Å²) in [6.07, 6.45) is 0. The summed E-state index contributed by atoms with van der Waals surface area (Å²) in [6, 6.07) is 2.47. The average Bonchev–Trinajstić information content (AvgIpc) is 1.69. The molecule has 3 nitrogen and oxygen atoms in total. The van der Waals surface area contributed by atoms with Crippen LogP contribution >= 0.6 is 17.0 Å². The van der Waals surface area contributed by atoms with Gasteiger partial charge in [-0.1, -0.05) is 0 Å². The molecule has 0 unspecified atom stereocenters. The topological polar surface area (TPSA) is 71.4 Å². The monoisotopic (exact) mass is 195 g/mol. The van der Waals surface area contributed by atoms with E-state index in [0.717, 1.165) is 0 Å². The predicted molar refractivity (Wildman–Crippen MR) is 42.9 cm³/mol. The minimum absolute atomic E-state index is 0. The fourth-order valence-corrected chi connectivity index (χ4v) is 0. The molecule has 0 radical (unpaired) electrons. The molecule has 0 saturated heterocycles. The molecular weight excluding hydrogens is 192 g/mol. The molecule has 0 aliphatic carbocycles. The maximum atomic E-state index is 7.32. The Morgan fingerprint density at radius 2 is 1.11 bits per heavy atom. The molecule has 0 bridgehead atoms. The molecule has 0 aromatic carbocycles. The van der Waals surface area contributed by atoms with Gasteiger partial charge in [0.05, 0.1) is 0 Å². The molecule has 0 aliphatic heterocycles. The molecule has 0 aliphatic rings. The molecule has 0 spiro atoms. The van der Waals surface area contributed by atoms with Gasteiger partial charge in [-0.25, -0.2) is 5.26 Å². The number of nitrogens with zero attached hydrogens (tertiary/aromatic N) is 3. The zero-order valence-electron chi connectivity index (χ0n) is 4.25. The first-order valence-corrected chi connectivity index (χ1v) is 1.42. The first kappa shape index (κ1) is 23.0. The number of halogens is 1. The van der Waals surface area contributed by atoms with Crippen LogP contribution in [-0.4, -0.2) is 37.4 Å². The van der Waals surface area contributed by atoms with E-state index in [0.29, 0.717) is 0 Å². The van der Waals surface area contributed by atoms with E-state index in [1.54, 1.807) is 5.97 Å². The molecule has 0 N–H and O–H groups in total. The molecule has 0 aromatic heterocycles. The molecular formula is C3H4BBrN3Na. The fraction of sp³-hybridized carbons (Fsp3) is 0. The minimum atomic E-state index is 0. The Labute approximate surface area is 87.7 Å². The molecule has 42 valence electrons. The van der Waals surface area contributed by atoms with Crippen molar-refractivity contribution in [1.29, 1.82) is 15.8 Å². The molecule has 0 aromatic rings. The van der Waals surface area contributed by atoms with Crippen molar-refractivity contribution in [1.82, 2.24) is 0 Å². The van der Waals surface area contributed by atoms with Gasteiger partial charge in [0.1, 0.15) is 0 Å². The Morgan fingerprint density at radius 3 is 1.11 bits per heavy atom. The Bertz CT molecular complexity index is 129. The van der Waals surface area contributed by atoms with Crippen LogP contribution < -0.4 is 0 Å². The van der Waals surface area contributed by atoms with Crippen LogP contribution in [0.1, 0.15) is 0 Å². The van der Waals surface area contributed by atoms with E-state index in [2.05, 4.69) is 0 Å². The van der Waals surface area contributed by atoms with Crippen molar-refractivity contribution in [2.24, 2.45) is 0 Å². The molecule has 0 atom stereocenters. The molecule has 0 fully saturated rings. The zero-order chi connectivity index (χ0) is 6.12. The first-order valence-electron chi connectivity index (χ1n) is 1.42. The van der Waals surface area contributed by atoms with E-state index >= 15 is 0 Å². The van der Waals surface area contributed by atoms with Crippen molar-refractivity contribution in [2.45, 2.75) is 0 Å². The van der Waals surface area contributed by atoms with Crippen LogP contribution in [0.4, 0.5) is 0 Å². The number of rotatable bonds is 0.